The molecule has 0 saturated carbocycles. The summed E-state index contributed by atoms with van der Waals surface area (Å²) >= 11 is 0. The van der Waals surface area contributed by atoms with Gasteiger partial charge in [0.25, 0.3) is 0 Å². The molecule has 1 amide bonds. The third kappa shape index (κ3) is 4.29. The molecule has 0 bridgehead atoms. The van der Waals surface area contributed by atoms with Crippen molar-refractivity contribution in [2.75, 3.05) is 57.4 Å². The number of benzene rings is 1. The molecular weight excluding hydrogens is 347 g/mol. The van der Waals surface area contributed by atoms with Crippen LogP contribution in [0, 0.1) is 0 Å². The fourth-order valence-corrected chi connectivity index (χ4v) is 3.45. The Bertz CT molecular complexity index is 624. The molecule has 2 fully saturated rings. The minimum atomic E-state index is -4.34. The number of rotatable bonds is 3. The molecule has 8 heteroatoms. The Balaban J connectivity index is 1.58. The minimum Gasteiger partial charge on any atom is -0.378 e. The van der Waals surface area contributed by atoms with Gasteiger partial charge in [0.05, 0.1) is 24.8 Å². The third-order valence-electron chi connectivity index (χ3n) is 5.08. The van der Waals surface area contributed by atoms with E-state index < -0.39 is 11.7 Å². The average Bonchev–Trinajstić information content (AvgIpc) is 2.67. The van der Waals surface area contributed by atoms with Gasteiger partial charge in [-0.25, -0.2) is 0 Å². The molecule has 2 aliphatic heterocycles. The number of alkyl halides is 3. The lowest BCUT2D eigenvalue weighted by molar-refractivity contribution is -0.140. The number of amides is 1. The molecule has 5 nitrogen and oxygen atoms in total. The largest absolute Gasteiger partial charge is 0.416 e. The predicted octanol–water partition coefficient (Wildman–Crippen LogP) is 2.07. The molecule has 0 radical (unpaired) electrons. The molecule has 0 N–H and O–H groups in total. The van der Waals surface area contributed by atoms with E-state index in [1.807, 2.05) is 16.7 Å². The second-order valence-electron chi connectivity index (χ2n) is 6.68. The Hall–Kier alpha value is -1.80. The van der Waals surface area contributed by atoms with Crippen molar-refractivity contribution >= 4 is 11.6 Å². The Kier molecular flexibility index (Phi) is 5.72. The minimum absolute atomic E-state index is 0.0980. The van der Waals surface area contributed by atoms with Crippen molar-refractivity contribution in [3.05, 3.63) is 29.8 Å². The maximum absolute atomic E-state index is 12.9. The smallest absolute Gasteiger partial charge is 0.378 e. The van der Waals surface area contributed by atoms with Crippen LogP contribution < -0.4 is 4.90 Å². The van der Waals surface area contributed by atoms with Gasteiger partial charge in [0.2, 0.25) is 5.91 Å². The van der Waals surface area contributed by atoms with Gasteiger partial charge >= 0.3 is 6.18 Å². The van der Waals surface area contributed by atoms with Gasteiger partial charge in [-0.1, -0.05) is 6.07 Å². The first kappa shape index (κ1) is 19.0. The summed E-state index contributed by atoms with van der Waals surface area (Å²) in [7, 11) is 0. The van der Waals surface area contributed by atoms with E-state index in [2.05, 4.69) is 4.90 Å². The Morgan fingerprint density at radius 2 is 1.73 bits per heavy atom. The Morgan fingerprint density at radius 3 is 2.35 bits per heavy atom. The van der Waals surface area contributed by atoms with E-state index in [9.17, 15) is 18.0 Å². The standard InChI is InChI=1S/C18H24F3N3O2/c1-14(17(25)24-9-11-26-12-10-24)22-5-7-23(8-6-22)16-4-2-3-15(13-16)18(19,20)21/h2-4,13-14H,5-12H2,1H3/t14-/m1/s1. The fourth-order valence-electron chi connectivity index (χ4n) is 3.45. The van der Waals surface area contributed by atoms with Gasteiger partial charge in [-0.3, -0.25) is 9.69 Å². The number of hydrogen-bond acceptors (Lipinski definition) is 4. The number of ether oxygens (including phenoxy) is 1. The number of hydrogen-bond donors (Lipinski definition) is 0. The summed E-state index contributed by atoms with van der Waals surface area (Å²) in [6, 6.07) is 5.19. The van der Waals surface area contributed by atoms with E-state index in [4.69, 9.17) is 4.74 Å². The summed E-state index contributed by atoms with van der Waals surface area (Å²) in [5.74, 6) is 0.0980. The van der Waals surface area contributed by atoms with Gasteiger partial charge in [-0.15, -0.1) is 0 Å². The van der Waals surface area contributed by atoms with Crippen LogP contribution in [0.2, 0.25) is 0 Å². The highest BCUT2D eigenvalue weighted by atomic mass is 19.4. The van der Waals surface area contributed by atoms with Gasteiger partial charge in [0.1, 0.15) is 0 Å². The van der Waals surface area contributed by atoms with Crippen LogP contribution in [0.1, 0.15) is 12.5 Å². The van der Waals surface area contributed by atoms with Crippen LogP contribution >= 0.6 is 0 Å². The number of halogens is 3. The highest BCUT2D eigenvalue weighted by Crippen LogP contribution is 2.32. The van der Waals surface area contributed by atoms with E-state index in [0.717, 1.165) is 6.07 Å². The summed E-state index contributed by atoms with van der Waals surface area (Å²) in [5.41, 5.74) is -0.0556. The molecule has 1 aromatic rings. The van der Waals surface area contributed by atoms with Gasteiger partial charge in [0, 0.05) is 45.0 Å². The predicted molar refractivity (Wildman–Crippen MR) is 92.1 cm³/mol. The normalized spacial score (nSPS) is 20.9. The first-order valence-electron chi connectivity index (χ1n) is 8.89. The zero-order chi connectivity index (χ0) is 18.7. The maximum atomic E-state index is 12.9. The van der Waals surface area contributed by atoms with Crippen LogP contribution in [-0.4, -0.2) is 74.2 Å². The molecule has 1 atom stereocenters. The molecule has 1 aromatic carbocycles. The quantitative estimate of drug-likeness (QED) is 0.815. The highest BCUT2D eigenvalue weighted by Gasteiger charge is 2.32. The van der Waals surface area contributed by atoms with E-state index in [1.165, 1.54) is 12.1 Å². The summed E-state index contributed by atoms with van der Waals surface area (Å²) in [4.78, 5) is 18.5. The molecule has 3 rings (SSSR count). The fraction of sp³-hybridized carbons (Fsp3) is 0.611. The lowest BCUT2D eigenvalue weighted by Gasteiger charge is -2.40. The van der Waals surface area contributed by atoms with Crippen LogP contribution in [0.25, 0.3) is 0 Å². The van der Waals surface area contributed by atoms with E-state index in [1.54, 1.807) is 6.07 Å². The summed E-state index contributed by atoms with van der Waals surface area (Å²) in [5, 5.41) is 0. The molecule has 26 heavy (non-hydrogen) atoms. The van der Waals surface area contributed by atoms with E-state index in [0.29, 0.717) is 58.2 Å². The van der Waals surface area contributed by atoms with Crippen molar-refractivity contribution in [3.8, 4) is 0 Å². The zero-order valence-corrected chi connectivity index (χ0v) is 14.8. The summed E-state index contributed by atoms with van der Waals surface area (Å²) in [6.07, 6.45) is -4.34. The molecule has 2 saturated heterocycles. The van der Waals surface area contributed by atoms with Crippen molar-refractivity contribution in [1.82, 2.24) is 9.80 Å². The van der Waals surface area contributed by atoms with Crippen molar-refractivity contribution in [1.29, 1.82) is 0 Å². The number of nitrogens with zero attached hydrogens (tertiary/aromatic N) is 3. The van der Waals surface area contributed by atoms with Crippen molar-refractivity contribution in [3.63, 3.8) is 0 Å². The number of anilines is 1. The monoisotopic (exact) mass is 371 g/mol. The first-order valence-corrected chi connectivity index (χ1v) is 8.89. The molecule has 0 aromatic heterocycles. The lowest BCUT2D eigenvalue weighted by Crippen LogP contribution is -2.56. The van der Waals surface area contributed by atoms with Crippen LogP contribution in [0.3, 0.4) is 0 Å². The van der Waals surface area contributed by atoms with Gasteiger partial charge in [0.15, 0.2) is 0 Å². The number of carbonyl (C=O) groups excluding carboxylic acids is 1. The number of piperazine rings is 1. The molecule has 0 spiro atoms. The van der Waals surface area contributed by atoms with Crippen LogP contribution in [0.15, 0.2) is 24.3 Å². The molecule has 144 valence electrons. The van der Waals surface area contributed by atoms with E-state index >= 15 is 0 Å². The van der Waals surface area contributed by atoms with Crippen molar-refractivity contribution in [2.24, 2.45) is 0 Å². The SMILES string of the molecule is C[C@H](C(=O)N1CCOCC1)N1CCN(c2cccc(C(F)(F)F)c2)CC1. The second kappa shape index (κ2) is 7.84. The van der Waals surface area contributed by atoms with Crippen molar-refractivity contribution < 1.29 is 22.7 Å². The van der Waals surface area contributed by atoms with Gasteiger partial charge in [-0.05, 0) is 25.1 Å². The number of carbonyl (C=O) groups is 1. The van der Waals surface area contributed by atoms with E-state index in [-0.39, 0.29) is 11.9 Å². The highest BCUT2D eigenvalue weighted by molar-refractivity contribution is 5.81. The first-order chi connectivity index (χ1) is 12.4. The zero-order valence-electron chi connectivity index (χ0n) is 14.8. The van der Waals surface area contributed by atoms with Crippen LogP contribution in [0.5, 0.6) is 0 Å². The van der Waals surface area contributed by atoms with Crippen LogP contribution in [-0.2, 0) is 15.7 Å². The molecule has 0 aliphatic carbocycles. The summed E-state index contributed by atoms with van der Waals surface area (Å²) in [6.45, 7) is 6.77. The molecular formula is C18H24F3N3O2. The van der Waals surface area contributed by atoms with Crippen molar-refractivity contribution in [2.45, 2.75) is 19.1 Å². The summed E-state index contributed by atoms with van der Waals surface area (Å²) < 4.78 is 43.9. The maximum Gasteiger partial charge on any atom is 0.416 e. The second-order valence-corrected chi connectivity index (χ2v) is 6.68. The average molecular weight is 371 g/mol. The number of morpholine rings is 1. The molecule has 0 unspecified atom stereocenters. The van der Waals surface area contributed by atoms with Gasteiger partial charge < -0.3 is 14.5 Å². The van der Waals surface area contributed by atoms with Gasteiger partial charge in [-0.2, -0.15) is 13.2 Å². The Morgan fingerprint density at radius 1 is 1.08 bits per heavy atom. The topological polar surface area (TPSA) is 36.0 Å². The van der Waals surface area contributed by atoms with Crippen LogP contribution in [0.4, 0.5) is 18.9 Å². The Labute approximate surface area is 151 Å². The third-order valence-corrected chi connectivity index (χ3v) is 5.08. The molecule has 2 heterocycles. The lowest BCUT2D eigenvalue weighted by atomic mass is 10.1. The molecule has 2 aliphatic rings.